The lowest BCUT2D eigenvalue weighted by molar-refractivity contribution is 0.579. The second-order valence-electron chi connectivity index (χ2n) is 4.02. The second kappa shape index (κ2) is 4.57. The molecule has 2 heterocycles. The lowest BCUT2D eigenvalue weighted by Gasteiger charge is -2.23. The summed E-state index contributed by atoms with van der Waals surface area (Å²) in [6.07, 6.45) is 3.71. The Morgan fingerprint density at radius 1 is 1.53 bits per heavy atom. The zero-order valence-corrected chi connectivity index (χ0v) is 11.8. The maximum Gasteiger partial charge on any atom is 0.159 e. The number of nitrogens with two attached hydrogens (primary N) is 1. The van der Waals surface area contributed by atoms with Gasteiger partial charge in [0.05, 0.1) is 11.6 Å². The standard InChI is InChI=1S/C10H12Cl2N4S/c1-10(5-13,6-3-14-16(2)4-6)9-15-7(11)8(12)17-9/h3-4H,5,13H2,1-2H3. The van der Waals surface area contributed by atoms with Crippen LogP contribution >= 0.6 is 34.5 Å². The third-order valence-electron chi connectivity index (χ3n) is 2.77. The second-order valence-corrected chi connectivity index (χ2v) is 5.98. The molecular weight excluding hydrogens is 279 g/mol. The van der Waals surface area contributed by atoms with Crippen LogP contribution in [0.3, 0.4) is 0 Å². The van der Waals surface area contributed by atoms with Gasteiger partial charge in [-0.05, 0) is 6.92 Å². The Kier molecular flexibility index (Phi) is 3.45. The van der Waals surface area contributed by atoms with E-state index in [2.05, 4.69) is 10.1 Å². The average Bonchev–Trinajstić information content (AvgIpc) is 2.86. The zero-order chi connectivity index (χ0) is 12.6. The predicted molar refractivity (Wildman–Crippen MR) is 70.9 cm³/mol. The minimum atomic E-state index is -0.407. The predicted octanol–water partition coefficient (Wildman–Crippen LogP) is 2.45. The molecule has 2 aromatic heterocycles. The van der Waals surface area contributed by atoms with Crippen molar-refractivity contribution in [3.05, 3.63) is 32.5 Å². The molecule has 1 atom stereocenters. The van der Waals surface area contributed by atoms with Crippen molar-refractivity contribution in [1.29, 1.82) is 0 Å². The van der Waals surface area contributed by atoms with Crippen molar-refractivity contribution < 1.29 is 0 Å². The fraction of sp³-hybridized carbons (Fsp3) is 0.400. The number of aromatic nitrogens is 3. The summed E-state index contributed by atoms with van der Waals surface area (Å²) in [4.78, 5) is 4.27. The first kappa shape index (κ1) is 12.8. The van der Waals surface area contributed by atoms with Crippen LogP contribution in [-0.2, 0) is 12.5 Å². The monoisotopic (exact) mass is 290 g/mol. The normalized spacial score (nSPS) is 14.9. The van der Waals surface area contributed by atoms with E-state index in [0.29, 0.717) is 16.0 Å². The fourth-order valence-electron chi connectivity index (χ4n) is 1.55. The number of thiazole rings is 1. The first-order chi connectivity index (χ1) is 7.97. The molecule has 2 rings (SSSR count). The van der Waals surface area contributed by atoms with Crippen LogP contribution in [0.5, 0.6) is 0 Å². The fourth-order valence-corrected chi connectivity index (χ4v) is 2.93. The summed E-state index contributed by atoms with van der Waals surface area (Å²) in [5.41, 5.74) is 6.48. The van der Waals surface area contributed by atoms with Gasteiger partial charge in [0.1, 0.15) is 9.34 Å². The Morgan fingerprint density at radius 2 is 2.24 bits per heavy atom. The van der Waals surface area contributed by atoms with Gasteiger partial charge in [0, 0.05) is 25.4 Å². The molecule has 0 aliphatic carbocycles. The van der Waals surface area contributed by atoms with Crippen LogP contribution in [-0.4, -0.2) is 21.3 Å². The Hall–Kier alpha value is -0.620. The van der Waals surface area contributed by atoms with Crippen molar-refractivity contribution in [2.75, 3.05) is 6.54 Å². The van der Waals surface area contributed by atoms with Crippen molar-refractivity contribution in [2.24, 2.45) is 12.8 Å². The first-order valence-corrected chi connectivity index (χ1v) is 6.56. The summed E-state index contributed by atoms with van der Waals surface area (Å²) in [7, 11) is 1.86. The van der Waals surface area contributed by atoms with Gasteiger partial charge in [-0.3, -0.25) is 4.68 Å². The van der Waals surface area contributed by atoms with Gasteiger partial charge in [0.15, 0.2) is 5.15 Å². The van der Waals surface area contributed by atoms with Crippen molar-refractivity contribution in [1.82, 2.24) is 14.8 Å². The van der Waals surface area contributed by atoms with Crippen molar-refractivity contribution in [2.45, 2.75) is 12.3 Å². The molecule has 0 radical (unpaired) electrons. The van der Waals surface area contributed by atoms with Crippen LogP contribution < -0.4 is 5.73 Å². The molecular formula is C10H12Cl2N4S. The van der Waals surface area contributed by atoms with Crippen LogP contribution in [0.25, 0.3) is 0 Å². The summed E-state index contributed by atoms with van der Waals surface area (Å²) in [5.74, 6) is 0. The van der Waals surface area contributed by atoms with E-state index in [1.807, 2.05) is 20.2 Å². The minimum absolute atomic E-state index is 0.329. The maximum absolute atomic E-state index is 5.95. The molecule has 0 amide bonds. The molecule has 0 bridgehead atoms. The highest BCUT2D eigenvalue weighted by Gasteiger charge is 2.33. The molecule has 0 saturated heterocycles. The quantitative estimate of drug-likeness (QED) is 0.945. The Bertz CT molecular complexity index is 517. The van der Waals surface area contributed by atoms with Crippen LogP contribution in [0.2, 0.25) is 9.49 Å². The SMILES string of the molecule is Cn1cc(C(C)(CN)c2nc(Cl)c(Cl)s2)cn1. The van der Waals surface area contributed by atoms with Gasteiger partial charge in [0.2, 0.25) is 0 Å². The summed E-state index contributed by atoms with van der Waals surface area (Å²) in [6.45, 7) is 2.42. The van der Waals surface area contributed by atoms with Crippen molar-refractivity contribution in [3.8, 4) is 0 Å². The summed E-state index contributed by atoms with van der Waals surface area (Å²) < 4.78 is 2.23. The van der Waals surface area contributed by atoms with Gasteiger partial charge in [-0.25, -0.2) is 4.98 Å². The average molecular weight is 291 g/mol. The third kappa shape index (κ3) is 2.20. The molecule has 92 valence electrons. The number of hydrogen-bond donors (Lipinski definition) is 1. The molecule has 2 N–H and O–H groups in total. The number of rotatable bonds is 3. The van der Waals surface area contributed by atoms with Crippen LogP contribution in [0, 0.1) is 0 Å². The van der Waals surface area contributed by atoms with Crippen LogP contribution in [0.4, 0.5) is 0 Å². The lowest BCUT2D eigenvalue weighted by Crippen LogP contribution is -2.32. The third-order valence-corrected chi connectivity index (χ3v) is 4.77. The number of hydrogen-bond acceptors (Lipinski definition) is 4. The number of halogens is 2. The van der Waals surface area contributed by atoms with E-state index in [1.165, 1.54) is 11.3 Å². The van der Waals surface area contributed by atoms with Crippen molar-refractivity contribution in [3.63, 3.8) is 0 Å². The Balaban J connectivity index is 2.50. The molecule has 1 unspecified atom stereocenters. The zero-order valence-electron chi connectivity index (χ0n) is 9.44. The minimum Gasteiger partial charge on any atom is -0.329 e. The molecule has 0 aliphatic heterocycles. The molecule has 4 nitrogen and oxygen atoms in total. The van der Waals surface area contributed by atoms with E-state index in [-0.39, 0.29) is 0 Å². The highest BCUT2D eigenvalue weighted by Crippen LogP contribution is 2.38. The molecule has 17 heavy (non-hydrogen) atoms. The summed E-state index contributed by atoms with van der Waals surface area (Å²) >= 11 is 13.2. The topological polar surface area (TPSA) is 56.7 Å². The Morgan fingerprint density at radius 3 is 2.65 bits per heavy atom. The number of aryl methyl sites for hydroxylation is 1. The molecule has 0 saturated carbocycles. The molecule has 2 aromatic rings. The molecule has 0 spiro atoms. The highest BCUT2D eigenvalue weighted by molar-refractivity contribution is 7.16. The largest absolute Gasteiger partial charge is 0.329 e. The van der Waals surface area contributed by atoms with Gasteiger partial charge in [-0.15, -0.1) is 11.3 Å². The van der Waals surface area contributed by atoms with Crippen molar-refractivity contribution >= 4 is 34.5 Å². The molecule has 0 aromatic carbocycles. The summed E-state index contributed by atoms with van der Waals surface area (Å²) in [5, 5.41) is 5.29. The maximum atomic E-state index is 5.95. The number of nitrogens with zero attached hydrogens (tertiary/aromatic N) is 3. The van der Waals surface area contributed by atoms with E-state index in [9.17, 15) is 0 Å². The van der Waals surface area contributed by atoms with E-state index in [1.54, 1.807) is 10.9 Å². The Labute approximate surface area is 113 Å². The first-order valence-electron chi connectivity index (χ1n) is 4.99. The molecule has 0 aliphatic rings. The van der Waals surface area contributed by atoms with E-state index in [0.717, 1.165) is 10.6 Å². The lowest BCUT2D eigenvalue weighted by atomic mass is 9.85. The van der Waals surface area contributed by atoms with Crippen LogP contribution in [0.1, 0.15) is 17.5 Å². The van der Waals surface area contributed by atoms with Gasteiger partial charge in [-0.2, -0.15) is 5.10 Å². The smallest absolute Gasteiger partial charge is 0.159 e. The summed E-state index contributed by atoms with van der Waals surface area (Å²) in [6, 6.07) is 0. The van der Waals surface area contributed by atoms with Gasteiger partial charge >= 0.3 is 0 Å². The van der Waals surface area contributed by atoms with E-state index < -0.39 is 5.41 Å². The van der Waals surface area contributed by atoms with E-state index in [4.69, 9.17) is 28.9 Å². The van der Waals surface area contributed by atoms with E-state index >= 15 is 0 Å². The van der Waals surface area contributed by atoms with Gasteiger partial charge in [-0.1, -0.05) is 23.2 Å². The van der Waals surface area contributed by atoms with Gasteiger partial charge in [0.25, 0.3) is 0 Å². The molecule has 7 heteroatoms. The van der Waals surface area contributed by atoms with Crippen LogP contribution in [0.15, 0.2) is 12.4 Å². The van der Waals surface area contributed by atoms with Gasteiger partial charge < -0.3 is 5.73 Å². The highest BCUT2D eigenvalue weighted by atomic mass is 35.5. The molecule has 0 fully saturated rings.